The molecule has 3 aromatic rings. The molecule has 5 rings (SSSR count). The van der Waals surface area contributed by atoms with Crippen molar-refractivity contribution in [1.29, 1.82) is 0 Å². The first-order valence-corrected chi connectivity index (χ1v) is 10.8. The lowest BCUT2D eigenvalue weighted by molar-refractivity contribution is -0.120. The molecule has 4 heteroatoms. The molecule has 152 valence electrons. The van der Waals surface area contributed by atoms with E-state index in [1.165, 1.54) is 31.9 Å². The molecule has 1 aromatic heterocycles. The van der Waals surface area contributed by atoms with Gasteiger partial charge in [0.05, 0.1) is 12.0 Å². The molecular formula is C26H25NO3. The number of furan rings is 1. The maximum atomic E-state index is 13.6. The van der Waals surface area contributed by atoms with Gasteiger partial charge in [-0.05, 0) is 41.7 Å². The fourth-order valence-corrected chi connectivity index (χ4v) is 5.02. The summed E-state index contributed by atoms with van der Waals surface area (Å²) < 4.78 is 5.42. The largest absolute Gasteiger partial charge is 0.459 e. The van der Waals surface area contributed by atoms with Gasteiger partial charge in [0.2, 0.25) is 0 Å². The molecule has 0 bridgehead atoms. The Bertz CT molecular complexity index is 1060. The van der Waals surface area contributed by atoms with Crippen LogP contribution >= 0.6 is 0 Å². The number of ketones is 1. The molecule has 30 heavy (non-hydrogen) atoms. The minimum absolute atomic E-state index is 0.101. The molecule has 1 atom stereocenters. The Morgan fingerprint density at radius 1 is 0.900 bits per heavy atom. The Morgan fingerprint density at radius 2 is 1.63 bits per heavy atom. The van der Waals surface area contributed by atoms with Crippen molar-refractivity contribution in [2.75, 3.05) is 4.90 Å². The molecule has 2 heterocycles. The van der Waals surface area contributed by atoms with Crippen molar-refractivity contribution in [3.05, 3.63) is 78.3 Å². The number of carbonyl (C=O) groups is 2. The Kier molecular flexibility index (Phi) is 4.99. The third kappa shape index (κ3) is 3.26. The van der Waals surface area contributed by atoms with Crippen molar-refractivity contribution < 1.29 is 14.0 Å². The lowest BCUT2D eigenvalue weighted by atomic mass is 9.84. The summed E-state index contributed by atoms with van der Waals surface area (Å²) in [6, 6.07) is 18.5. The van der Waals surface area contributed by atoms with E-state index in [1.807, 2.05) is 48.5 Å². The molecule has 1 amide bonds. The number of hydrogen-bond acceptors (Lipinski definition) is 3. The van der Waals surface area contributed by atoms with Crippen molar-refractivity contribution in [1.82, 2.24) is 0 Å². The number of fused-ring (bicyclic) bond motifs is 3. The maximum Gasteiger partial charge on any atom is 0.294 e. The van der Waals surface area contributed by atoms with Crippen molar-refractivity contribution in [2.45, 2.75) is 44.6 Å². The molecule has 0 saturated heterocycles. The Morgan fingerprint density at radius 3 is 2.40 bits per heavy atom. The number of anilines is 1. The second-order valence-corrected chi connectivity index (χ2v) is 8.31. The number of benzene rings is 2. The summed E-state index contributed by atoms with van der Waals surface area (Å²) in [6.07, 6.45) is 7.85. The van der Waals surface area contributed by atoms with E-state index in [-0.39, 0.29) is 17.5 Å². The predicted molar refractivity (Wildman–Crippen MR) is 116 cm³/mol. The summed E-state index contributed by atoms with van der Waals surface area (Å²) in [5, 5.41) is 0. The Labute approximate surface area is 176 Å². The minimum Gasteiger partial charge on any atom is -0.459 e. The second-order valence-electron chi connectivity index (χ2n) is 8.31. The maximum absolute atomic E-state index is 13.6. The van der Waals surface area contributed by atoms with E-state index in [4.69, 9.17) is 4.42 Å². The molecule has 2 aliphatic rings. The summed E-state index contributed by atoms with van der Waals surface area (Å²) in [5.74, 6) is 0.706. The van der Waals surface area contributed by atoms with Gasteiger partial charge in [0.25, 0.3) is 5.91 Å². The van der Waals surface area contributed by atoms with E-state index < -0.39 is 6.04 Å². The van der Waals surface area contributed by atoms with Crippen LogP contribution < -0.4 is 4.90 Å². The number of nitrogens with zero attached hydrogens (tertiary/aromatic N) is 1. The lowest BCUT2D eigenvalue weighted by Crippen LogP contribution is -2.41. The van der Waals surface area contributed by atoms with E-state index in [0.717, 1.165) is 28.8 Å². The number of carbonyl (C=O) groups excluding carboxylic acids is 2. The highest BCUT2D eigenvalue weighted by Gasteiger charge is 2.39. The van der Waals surface area contributed by atoms with Gasteiger partial charge in [-0.2, -0.15) is 0 Å². The normalized spacial score (nSPS) is 18.1. The standard InChI is InChI=1S/C26H25NO3/c28-23(16-15-18-8-1-2-9-18)25-21-12-4-3-10-19(21)20-11-5-6-13-22(20)27(25)26(29)24-14-7-17-30-24/h3-7,10-14,17-18,25H,1-2,8-9,15-16H2. The second kappa shape index (κ2) is 7.94. The number of para-hydroxylation sites is 1. The molecule has 1 aliphatic carbocycles. The number of Topliss-reactive ketones (excluding diaryl/α,β-unsaturated/α-hetero) is 1. The quantitative estimate of drug-likeness (QED) is 0.514. The van der Waals surface area contributed by atoms with Gasteiger partial charge in [0.1, 0.15) is 6.04 Å². The smallest absolute Gasteiger partial charge is 0.294 e. The molecule has 1 saturated carbocycles. The van der Waals surface area contributed by atoms with Crippen LogP contribution in [0.15, 0.2) is 71.3 Å². The highest BCUT2D eigenvalue weighted by molar-refractivity contribution is 6.13. The third-order valence-electron chi connectivity index (χ3n) is 6.50. The van der Waals surface area contributed by atoms with Crippen LogP contribution in [-0.4, -0.2) is 11.7 Å². The number of amides is 1. The van der Waals surface area contributed by atoms with Crippen LogP contribution in [0.5, 0.6) is 0 Å². The van der Waals surface area contributed by atoms with Gasteiger partial charge in [0.15, 0.2) is 11.5 Å². The molecular weight excluding hydrogens is 374 g/mol. The zero-order chi connectivity index (χ0) is 20.5. The first-order chi connectivity index (χ1) is 14.7. The SMILES string of the molecule is O=C(CCC1CCCC1)C1c2ccccc2-c2ccccc2N1C(=O)c1ccco1. The molecule has 4 nitrogen and oxygen atoms in total. The molecule has 0 radical (unpaired) electrons. The van der Waals surface area contributed by atoms with Gasteiger partial charge >= 0.3 is 0 Å². The topological polar surface area (TPSA) is 50.5 Å². The van der Waals surface area contributed by atoms with Crippen LogP contribution in [0.25, 0.3) is 11.1 Å². The summed E-state index contributed by atoms with van der Waals surface area (Å²) in [7, 11) is 0. The van der Waals surface area contributed by atoms with Crippen molar-refractivity contribution in [2.24, 2.45) is 5.92 Å². The van der Waals surface area contributed by atoms with Gasteiger partial charge in [0, 0.05) is 12.0 Å². The Hall–Kier alpha value is -3.14. The average molecular weight is 399 g/mol. The monoisotopic (exact) mass is 399 g/mol. The first-order valence-electron chi connectivity index (χ1n) is 10.8. The zero-order valence-corrected chi connectivity index (χ0v) is 16.9. The number of rotatable bonds is 5. The highest BCUT2D eigenvalue weighted by atomic mass is 16.3. The van der Waals surface area contributed by atoms with E-state index in [9.17, 15) is 9.59 Å². The van der Waals surface area contributed by atoms with Crippen molar-refractivity contribution >= 4 is 17.4 Å². The summed E-state index contributed by atoms with van der Waals surface area (Å²) >= 11 is 0. The molecule has 0 spiro atoms. The van der Waals surface area contributed by atoms with Gasteiger partial charge in [-0.3, -0.25) is 14.5 Å². The van der Waals surface area contributed by atoms with Crippen molar-refractivity contribution in [3.8, 4) is 11.1 Å². The molecule has 0 N–H and O–H groups in total. The van der Waals surface area contributed by atoms with E-state index in [1.54, 1.807) is 17.0 Å². The number of hydrogen-bond donors (Lipinski definition) is 0. The summed E-state index contributed by atoms with van der Waals surface area (Å²) in [5.41, 5.74) is 3.65. The van der Waals surface area contributed by atoms with Gasteiger partial charge in [-0.1, -0.05) is 68.1 Å². The van der Waals surface area contributed by atoms with Gasteiger partial charge in [-0.15, -0.1) is 0 Å². The third-order valence-corrected chi connectivity index (χ3v) is 6.50. The van der Waals surface area contributed by atoms with Crippen molar-refractivity contribution in [3.63, 3.8) is 0 Å². The fourth-order valence-electron chi connectivity index (χ4n) is 5.02. The van der Waals surface area contributed by atoms with Crippen LogP contribution in [0.1, 0.15) is 60.7 Å². The molecule has 2 aromatic carbocycles. The minimum atomic E-state index is -0.630. The Balaban J connectivity index is 1.57. The van der Waals surface area contributed by atoms with Gasteiger partial charge < -0.3 is 4.42 Å². The summed E-state index contributed by atoms with van der Waals surface area (Å²) in [6.45, 7) is 0. The molecule has 1 unspecified atom stereocenters. The summed E-state index contributed by atoms with van der Waals surface area (Å²) in [4.78, 5) is 28.7. The lowest BCUT2D eigenvalue weighted by Gasteiger charge is -2.37. The van der Waals surface area contributed by atoms with E-state index in [0.29, 0.717) is 12.3 Å². The van der Waals surface area contributed by atoms with E-state index >= 15 is 0 Å². The van der Waals surface area contributed by atoms with Crippen LogP contribution in [0.2, 0.25) is 0 Å². The van der Waals surface area contributed by atoms with Crippen LogP contribution in [-0.2, 0) is 4.79 Å². The van der Waals surface area contributed by atoms with Crippen LogP contribution in [0, 0.1) is 5.92 Å². The molecule has 1 fully saturated rings. The fraction of sp³-hybridized carbons (Fsp3) is 0.308. The van der Waals surface area contributed by atoms with Crippen LogP contribution in [0.4, 0.5) is 5.69 Å². The molecule has 1 aliphatic heterocycles. The highest BCUT2D eigenvalue weighted by Crippen LogP contribution is 2.46. The van der Waals surface area contributed by atoms with Crippen LogP contribution in [0.3, 0.4) is 0 Å². The zero-order valence-electron chi connectivity index (χ0n) is 16.9. The van der Waals surface area contributed by atoms with E-state index in [2.05, 4.69) is 0 Å². The van der Waals surface area contributed by atoms with Gasteiger partial charge in [-0.25, -0.2) is 0 Å². The predicted octanol–water partition coefficient (Wildman–Crippen LogP) is 6.19. The average Bonchev–Trinajstić information content (AvgIpc) is 3.50. The first kappa shape index (κ1) is 18.9.